The van der Waals surface area contributed by atoms with Crippen LogP contribution in [-0.4, -0.2) is 30.1 Å². The number of nitrogens with one attached hydrogen (secondary N) is 1. The van der Waals surface area contributed by atoms with Crippen LogP contribution in [0.15, 0.2) is 18.3 Å². The van der Waals surface area contributed by atoms with Gasteiger partial charge in [-0.25, -0.2) is 0 Å². The third kappa shape index (κ3) is 2.88. The van der Waals surface area contributed by atoms with E-state index < -0.39 is 0 Å². The van der Waals surface area contributed by atoms with E-state index >= 15 is 0 Å². The van der Waals surface area contributed by atoms with Gasteiger partial charge < -0.3 is 10.1 Å². The number of amides is 1. The highest BCUT2D eigenvalue weighted by Crippen LogP contribution is 2.21. The van der Waals surface area contributed by atoms with E-state index in [1.54, 1.807) is 6.20 Å². The van der Waals surface area contributed by atoms with Crippen LogP contribution < -0.4 is 5.32 Å². The Morgan fingerprint density at radius 3 is 3.17 bits per heavy atom. The molecule has 2 heterocycles. The topological polar surface area (TPSA) is 51.2 Å². The lowest BCUT2D eigenvalue weighted by Gasteiger charge is -2.15. The molecule has 4 heteroatoms. The van der Waals surface area contributed by atoms with Gasteiger partial charge in [0.25, 0.3) is 5.91 Å². The minimum Gasteiger partial charge on any atom is -0.379 e. The third-order valence-electron chi connectivity index (χ3n) is 3.46. The number of carbonyl (C=O) groups is 1. The molecule has 1 aromatic heterocycles. The Morgan fingerprint density at radius 2 is 2.50 bits per heavy atom. The molecule has 1 saturated heterocycles. The minimum absolute atomic E-state index is 0.0820. The third-order valence-corrected chi connectivity index (χ3v) is 3.46. The van der Waals surface area contributed by atoms with Crippen molar-refractivity contribution in [2.45, 2.75) is 38.6 Å². The highest BCUT2D eigenvalue weighted by Gasteiger charge is 2.22. The number of hydrogen-bond acceptors (Lipinski definition) is 3. The van der Waals surface area contributed by atoms with E-state index in [9.17, 15) is 4.79 Å². The first-order valence-corrected chi connectivity index (χ1v) is 6.56. The van der Waals surface area contributed by atoms with Crippen LogP contribution in [0.5, 0.6) is 0 Å². The van der Waals surface area contributed by atoms with E-state index in [4.69, 9.17) is 4.74 Å². The molecule has 98 valence electrons. The molecule has 2 rings (SSSR count). The predicted molar refractivity (Wildman–Crippen MR) is 69.6 cm³/mol. The molecule has 0 spiro atoms. The smallest absolute Gasteiger partial charge is 0.270 e. The second kappa shape index (κ2) is 5.96. The van der Waals surface area contributed by atoms with Crippen molar-refractivity contribution < 1.29 is 9.53 Å². The van der Waals surface area contributed by atoms with Gasteiger partial charge >= 0.3 is 0 Å². The molecule has 1 fully saturated rings. The summed E-state index contributed by atoms with van der Waals surface area (Å²) >= 11 is 0. The normalized spacial score (nSPS) is 20.7. The van der Waals surface area contributed by atoms with Crippen molar-refractivity contribution in [1.82, 2.24) is 10.3 Å². The zero-order valence-electron chi connectivity index (χ0n) is 11.0. The zero-order valence-corrected chi connectivity index (χ0v) is 11.0. The van der Waals surface area contributed by atoms with Crippen molar-refractivity contribution >= 4 is 5.91 Å². The van der Waals surface area contributed by atoms with E-state index in [1.807, 2.05) is 12.1 Å². The van der Waals surface area contributed by atoms with Gasteiger partial charge in [-0.3, -0.25) is 9.78 Å². The lowest BCUT2D eigenvalue weighted by atomic mass is 9.96. The summed E-state index contributed by atoms with van der Waals surface area (Å²) in [7, 11) is 0. The van der Waals surface area contributed by atoms with Crippen molar-refractivity contribution in [2.24, 2.45) is 0 Å². The van der Waals surface area contributed by atoms with Crippen LogP contribution in [0.4, 0.5) is 0 Å². The fraction of sp³-hybridized carbons (Fsp3) is 0.571. The quantitative estimate of drug-likeness (QED) is 0.888. The molecule has 1 aliphatic rings. The van der Waals surface area contributed by atoms with Gasteiger partial charge in [0.05, 0.1) is 12.6 Å². The second-order valence-electron chi connectivity index (χ2n) is 4.78. The minimum atomic E-state index is -0.0820. The van der Waals surface area contributed by atoms with E-state index in [-0.39, 0.29) is 11.9 Å². The van der Waals surface area contributed by atoms with Crippen molar-refractivity contribution in [3.63, 3.8) is 0 Å². The summed E-state index contributed by atoms with van der Waals surface area (Å²) in [5.41, 5.74) is 1.58. The molecular formula is C14H20N2O2. The maximum Gasteiger partial charge on any atom is 0.270 e. The predicted octanol–water partition coefficient (Wildman–Crippen LogP) is 2.11. The van der Waals surface area contributed by atoms with Crippen LogP contribution in [0, 0.1) is 0 Å². The first-order chi connectivity index (χ1) is 8.72. The van der Waals surface area contributed by atoms with Crippen LogP contribution in [-0.2, 0) is 4.74 Å². The largest absolute Gasteiger partial charge is 0.379 e. The van der Waals surface area contributed by atoms with Gasteiger partial charge in [0.1, 0.15) is 5.69 Å². The maximum absolute atomic E-state index is 12.2. The summed E-state index contributed by atoms with van der Waals surface area (Å²) in [6.45, 7) is 5.57. The lowest BCUT2D eigenvalue weighted by molar-refractivity contribution is 0.0923. The highest BCUT2D eigenvalue weighted by atomic mass is 16.5. The zero-order chi connectivity index (χ0) is 13.0. The second-order valence-corrected chi connectivity index (χ2v) is 4.78. The molecule has 0 radical (unpaired) electrons. The number of carbonyl (C=O) groups excluding carboxylic acids is 1. The number of aromatic nitrogens is 1. The van der Waals surface area contributed by atoms with Gasteiger partial charge in [-0.05, 0) is 30.4 Å². The Hall–Kier alpha value is -1.42. The Labute approximate surface area is 108 Å². The molecule has 0 saturated carbocycles. The molecule has 1 unspecified atom stereocenters. The molecule has 0 aliphatic carbocycles. The first-order valence-electron chi connectivity index (χ1n) is 6.56. The van der Waals surface area contributed by atoms with Gasteiger partial charge in [0.15, 0.2) is 0 Å². The number of nitrogens with zero attached hydrogens (tertiary/aromatic N) is 1. The van der Waals surface area contributed by atoms with Crippen LogP contribution in [0.25, 0.3) is 0 Å². The number of rotatable bonds is 4. The average molecular weight is 248 g/mol. The summed E-state index contributed by atoms with van der Waals surface area (Å²) in [6.07, 6.45) is 3.56. The number of hydrogen-bond donors (Lipinski definition) is 1. The van der Waals surface area contributed by atoms with Crippen molar-refractivity contribution in [1.29, 1.82) is 0 Å². The van der Waals surface area contributed by atoms with Crippen molar-refractivity contribution in [2.75, 3.05) is 13.2 Å². The summed E-state index contributed by atoms with van der Waals surface area (Å²) < 4.78 is 5.26. The number of ether oxygens (including phenoxy) is 1. The van der Waals surface area contributed by atoms with Crippen LogP contribution >= 0.6 is 0 Å². The van der Waals surface area contributed by atoms with Crippen molar-refractivity contribution in [3.8, 4) is 0 Å². The fourth-order valence-electron chi connectivity index (χ4n) is 2.13. The van der Waals surface area contributed by atoms with E-state index in [0.29, 0.717) is 18.2 Å². The average Bonchev–Trinajstić information content (AvgIpc) is 2.90. The molecule has 1 aliphatic heterocycles. The van der Waals surface area contributed by atoms with Crippen LogP contribution in [0.1, 0.15) is 48.7 Å². The molecule has 2 atom stereocenters. The summed E-state index contributed by atoms with van der Waals surface area (Å²) in [5, 5.41) is 2.99. The van der Waals surface area contributed by atoms with Gasteiger partial charge in [-0.2, -0.15) is 0 Å². The SMILES string of the molecule is CCC(C)c1cccnc1C(=O)N[C@H]1CCOC1. The van der Waals surface area contributed by atoms with Crippen LogP contribution in [0.3, 0.4) is 0 Å². The fourth-order valence-corrected chi connectivity index (χ4v) is 2.13. The Bertz CT molecular complexity index is 414. The molecule has 1 N–H and O–H groups in total. The Morgan fingerprint density at radius 1 is 1.67 bits per heavy atom. The van der Waals surface area contributed by atoms with E-state index in [0.717, 1.165) is 25.0 Å². The summed E-state index contributed by atoms with van der Waals surface area (Å²) in [6, 6.07) is 4.00. The summed E-state index contributed by atoms with van der Waals surface area (Å²) in [4.78, 5) is 16.4. The Balaban J connectivity index is 2.13. The van der Waals surface area contributed by atoms with Crippen LogP contribution in [0.2, 0.25) is 0 Å². The lowest BCUT2D eigenvalue weighted by Crippen LogP contribution is -2.36. The van der Waals surface area contributed by atoms with Gasteiger partial charge in [-0.1, -0.05) is 19.9 Å². The van der Waals surface area contributed by atoms with Gasteiger partial charge in [-0.15, -0.1) is 0 Å². The molecule has 1 amide bonds. The molecule has 1 aromatic rings. The molecular weight excluding hydrogens is 228 g/mol. The van der Waals surface area contributed by atoms with Crippen molar-refractivity contribution in [3.05, 3.63) is 29.6 Å². The van der Waals surface area contributed by atoms with E-state index in [2.05, 4.69) is 24.1 Å². The first kappa shape index (κ1) is 13.0. The Kier molecular flexibility index (Phi) is 4.31. The molecule has 4 nitrogen and oxygen atoms in total. The standard InChI is InChI=1S/C14H20N2O2/c1-3-10(2)12-5-4-7-15-13(12)14(17)16-11-6-8-18-9-11/h4-5,7,10-11H,3,6,8-9H2,1-2H3,(H,16,17)/t10?,11-/m0/s1. The monoisotopic (exact) mass is 248 g/mol. The van der Waals surface area contributed by atoms with Gasteiger partial charge in [0, 0.05) is 12.8 Å². The van der Waals surface area contributed by atoms with Gasteiger partial charge in [0.2, 0.25) is 0 Å². The molecule has 18 heavy (non-hydrogen) atoms. The highest BCUT2D eigenvalue weighted by molar-refractivity contribution is 5.94. The summed E-state index contributed by atoms with van der Waals surface area (Å²) in [5.74, 6) is 0.265. The van der Waals surface area contributed by atoms with E-state index in [1.165, 1.54) is 0 Å². The molecule has 0 aromatic carbocycles. The maximum atomic E-state index is 12.2. The number of pyridine rings is 1. The molecule has 0 bridgehead atoms.